The van der Waals surface area contributed by atoms with Gasteiger partial charge in [-0.05, 0) is 110 Å². The highest BCUT2D eigenvalue weighted by Gasteiger charge is 2.60. The second kappa shape index (κ2) is 7.90. The molecule has 1 nitrogen and oxygen atoms in total. The molecule has 28 heavy (non-hydrogen) atoms. The van der Waals surface area contributed by atoms with E-state index in [4.69, 9.17) is 0 Å². The minimum atomic E-state index is -0.00830. The van der Waals surface area contributed by atoms with Crippen LogP contribution in [-0.4, -0.2) is 11.2 Å². The molecular weight excluding hydrogens is 340 g/mol. The van der Waals surface area contributed by atoms with Crippen molar-refractivity contribution in [2.75, 3.05) is 0 Å². The number of hydrogen-bond acceptors (Lipinski definition) is 1. The van der Waals surface area contributed by atoms with Crippen LogP contribution in [0.3, 0.4) is 0 Å². The zero-order chi connectivity index (χ0) is 20.1. The normalized spacial score (nSPS) is 49.4. The van der Waals surface area contributed by atoms with Crippen molar-refractivity contribution in [2.45, 2.75) is 118 Å². The molecule has 0 aliphatic heterocycles. The van der Waals surface area contributed by atoms with Crippen molar-refractivity contribution >= 4 is 0 Å². The summed E-state index contributed by atoms with van der Waals surface area (Å²) in [6.45, 7) is 12.7. The first-order valence-electron chi connectivity index (χ1n) is 12.9. The zero-order valence-corrected chi connectivity index (χ0v) is 19.6. The van der Waals surface area contributed by atoms with Crippen LogP contribution in [0.15, 0.2) is 0 Å². The van der Waals surface area contributed by atoms with Crippen LogP contribution in [0, 0.1) is 52.3 Å². The molecule has 4 aliphatic rings. The lowest BCUT2D eigenvalue weighted by atomic mass is 9.44. The van der Waals surface area contributed by atoms with Crippen LogP contribution in [0.2, 0.25) is 0 Å². The highest BCUT2D eigenvalue weighted by Crippen LogP contribution is 2.68. The van der Waals surface area contributed by atoms with E-state index in [2.05, 4.69) is 34.6 Å². The molecule has 1 N–H and O–H groups in total. The number of fused-ring (bicyclic) bond motifs is 5. The van der Waals surface area contributed by atoms with Gasteiger partial charge in [0.05, 0.1) is 6.10 Å². The molecule has 0 aromatic rings. The van der Waals surface area contributed by atoms with Gasteiger partial charge in [-0.2, -0.15) is 0 Å². The lowest BCUT2D eigenvalue weighted by Crippen LogP contribution is -2.54. The summed E-state index contributed by atoms with van der Waals surface area (Å²) < 4.78 is 0. The van der Waals surface area contributed by atoms with Crippen LogP contribution in [0.25, 0.3) is 0 Å². The molecule has 9 atom stereocenters. The minimum absolute atomic E-state index is 0.00830. The topological polar surface area (TPSA) is 20.2 Å². The van der Waals surface area contributed by atoms with Gasteiger partial charge in [0.2, 0.25) is 0 Å². The molecule has 162 valence electrons. The van der Waals surface area contributed by atoms with Crippen molar-refractivity contribution in [1.82, 2.24) is 0 Å². The fourth-order valence-corrected chi connectivity index (χ4v) is 9.26. The molecule has 4 saturated carbocycles. The Labute approximate surface area is 175 Å². The summed E-state index contributed by atoms with van der Waals surface area (Å²) in [6.07, 6.45) is 16.6. The van der Waals surface area contributed by atoms with Crippen molar-refractivity contribution in [3.8, 4) is 0 Å². The van der Waals surface area contributed by atoms with Crippen LogP contribution < -0.4 is 0 Å². The SMILES string of the molecule is CC(C)CCC[C@@H](C)C1CC[C@H]2[C@@H]3CC[C@@H]4C[C@@H](O)CC[C@]4(C)[C@H]3CC[C@]12C. The molecule has 0 spiro atoms. The highest BCUT2D eigenvalue weighted by molar-refractivity contribution is 5.09. The fourth-order valence-electron chi connectivity index (χ4n) is 9.26. The maximum absolute atomic E-state index is 10.3. The van der Waals surface area contributed by atoms with Crippen molar-refractivity contribution < 1.29 is 5.11 Å². The Kier molecular flexibility index (Phi) is 5.98. The maximum atomic E-state index is 10.3. The summed E-state index contributed by atoms with van der Waals surface area (Å²) in [5, 5.41) is 10.3. The third kappa shape index (κ3) is 3.50. The predicted molar refractivity (Wildman–Crippen MR) is 119 cm³/mol. The molecule has 4 aliphatic carbocycles. The molecule has 0 radical (unpaired) electrons. The van der Waals surface area contributed by atoms with Crippen LogP contribution in [-0.2, 0) is 0 Å². The molecule has 0 aromatic carbocycles. The smallest absolute Gasteiger partial charge is 0.0543 e. The van der Waals surface area contributed by atoms with Crippen LogP contribution >= 0.6 is 0 Å². The largest absolute Gasteiger partial charge is 0.393 e. The summed E-state index contributed by atoms with van der Waals surface area (Å²) in [5.74, 6) is 6.49. The fraction of sp³-hybridized carbons (Fsp3) is 1.00. The molecular formula is C27H48O. The van der Waals surface area contributed by atoms with E-state index in [9.17, 15) is 5.11 Å². The second-order valence-electron chi connectivity index (χ2n) is 12.6. The Morgan fingerprint density at radius 2 is 1.54 bits per heavy atom. The van der Waals surface area contributed by atoms with Crippen molar-refractivity contribution in [1.29, 1.82) is 0 Å². The lowest BCUT2D eigenvalue weighted by molar-refractivity contribution is -0.129. The van der Waals surface area contributed by atoms with E-state index in [1.54, 1.807) is 0 Å². The summed E-state index contributed by atoms with van der Waals surface area (Å²) in [6, 6.07) is 0. The molecule has 1 heteroatoms. The van der Waals surface area contributed by atoms with E-state index in [-0.39, 0.29) is 6.10 Å². The molecule has 1 unspecified atom stereocenters. The van der Waals surface area contributed by atoms with Crippen LogP contribution in [0.5, 0.6) is 0 Å². The van der Waals surface area contributed by atoms with E-state index < -0.39 is 0 Å². The quantitative estimate of drug-likeness (QED) is 0.518. The summed E-state index contributed by atoms with van der Waals surface area (Å²) >= 11 is 0. The minimum Gasteiger partial charge on any atom is -0.393 e. The second-order valence-corrected chi connectivity index (χ2v) is 12.6. The Bertz CT molecular complexity index is 540. The predicted octanol–water partition coefficient (Wildman–Crippen LogP) is 7.47. The summed E-state index contributed by atoms with van der Waals surface area (Å²) in [5.41, 5.74) is 1.15. The van der Waals surface area contributed by atoms with E-state index in [0.717, 1.165) is 54.3 Å². The monoisotopic (exact) mass is 388 g/mol. The molecule has 4 rings (SSSR count). The maximum Gasteiger partial charge on any atom is 0.0543 e. The standard InChI is InChI=1S/C27H48O/c1-18(2)7-6-8-19(3)23-11-12-24-22-10-9-20-17-21(28)13-15-26(20,4)25(22)14-16-27(23,24)5/h18-25,28H,6-17H2,1-5H3/t19-,20-,21+,22+,23?,24+,25+,26+,27-/m1/s1. The third-order valence-electron chi connectivity index (χ3n) is 10.8. The van der Waals surface area contributed by atoms with Crippen LogP contribution in [0.1, 0.15) is 112 Å². The van der Waals surface area contributed by atoms with Gasteiger partial charge in [-0.15, -0.1) is 0 Å². The Hall–Kier alpha value is -0.0400. The first kappa shape index (κ1) is 21.2. The van der Waals surface area contributed by atoms with Gasteiger partial charge in [-0.25, -0.2) is 0 Å². The van der Waals surface area contributed by atoms with Crippen molar-refractivity contribution in [3.63, 3.8) is 0 Å². The molecule has 0 aromatic heterocycles. The Morgan fingerprint density at radius 3 is 2.29 bits per heavy atom. The van der Waals surface area contributed by atoms with Gasteiger partial charge in [0, 0.05) is 0 Å². The van der Waals surface area contributed by atoms with Gasteiger partial charge in [0.25, 0.3) is 0 Å². The van der Waals surface area contributed by atoms with E-state index in [1.807, 2.05) is 0 Å². The first-order valence-corrected chi connectivity index (χ1v) is 12.9. The van der Waals surface area contributed by atoms with E-state index in [1.165, 1.54) is 64.2 Å². The lowest BCUT2D eigenvalue weighted by Gasteiger charge is -2.61. The van der Waals surface area contributed by atoms with Gasteiger partial charge in [-0.3, -0.25) is 0 Å². The average molecular weight is 389 g/mol. The van der Waals surface area contributed by atoms with Gasteiger partial charge < -0.3 is 5.11 Å². The molecule has 0 bridgehead atoms. The van der Waals surface area contributed by atoms with Gasteiger partial charge in [-0.1, -0.05) is 53.9 Å². The van der Waals surface area contributed by atoms with Crippen LogP contribution in [0.4, 0.5) is 0 Å². The highest BCUT2D eigenvalue weighted by atomic mass is 16.3. The van der Waals surface area contributed by atoms with Crippen molar-refractivity contribution in [2.24, 2.45) is 52.3 Å². The van der Waals surface area contributed by atoms with Gasteiger partial charge in [0.1, 0.15) is 0 Å². The number of aliphatic hydroxyl groups is 1. The number of rotatable bonds is 5. The average Bonchev–Trinajstić information content (AvgIpc) is 2.99. The van der Waals surface area contributed by atoms with E-state index >= 15 is 0 Å². The number of aliphatic hydroxyl groups excluding tert-OH is 1. The molecule has 0 saturated heterocycles. The number of hydrogen-bond donors (Lipinski definition) is 1. The van der Waals surface area contributed by atoms with Crippen molar-refractivity contribution in [3.05, 3.63) is 0 Å². The molecule has 4 fully saturated rings. The third-order valence-corrected chi connectivity index (χ3v) is 10.8. The van der Waals surface area contributed by atoms with Gasteiger partial charge >= 0.3 is 0 Å². The summed E-state index contributed by atoms with van der Waals surface area (Å²) in [4.78, 5) is 0. The Balaban J connectivity index is 1.46. The first-order chi connectivity index (χ1) is 13.3. The summed E-state index contributed by atoms with van der Waals surface area (Å²) in [7, 11) is 0. The van der Waals surface area contributed by atoms with Gasteiger partial charge in [0.15, 0.2) is 0 Å². The van der Waals surface area contributed by atoms with E-state index in [0.29, 0.717) is 10.8 Å². The molecule has 0 amide bonds. The molecule has 0 heterocycles. The zero-order valence-electron chi connectivity index (χ0n) is 19.6. The Morgan fingerprint density at radius 1 is 0.821 bits per heavy atom.